The van der Waals surface area contributed by atoms with Crippen LogP contribution in [0.3, 0.4) is 0 Å². The van der Waals surface area contributed by atoms with Crippen molar-refractivity contribution in [3.05, 3.63) is 29.6 Å². The van der Waals surface area contributed by atoms with Crippen LogP contribution in [0.1, 0.15) is 42.2 Å². The lowest BCUT2D eigenvalue weighted by Gasteiger charge is -2.13. The van der Waals surface area contributed by atoms with E-state index in [0.29, 0.717) is 17.6 Å². The molecular weight excluding hydrogens is 424 g/mol. The van der Waals surface area contributed by atoms with Crippen molar-refractivity contribution in [1.29, 1.82) is 0 Å². The van der Waals surface area contributed by atoms with Gasteiger partial charge in [-0.3, -0.25) is 9.48 Å². The van der Waals surface area contributed by atoms with Gasteiger partial charge in [-0.2, -0.15) is 8.78 Å². The molecule has 2 aromatic rings. The summed E-state index contributed by atoms with van der Waals surface area (Å²) in [7, 11) is 0. The minimum Gasteiger partial charge on any atom is -0.413 e. The average Bonchev–Trinajstić information content (AvgIpc) is 3.12. The van der Waals surface area contributed by atoms with E-state index in [2.05, 4.69) is 20.1 Å². The van der Waals surface area contributed by atoms with Crippen LogP contribution in [0.25, 0.3) is 0 Å². The second-order valence-corrected chi connectivity index (χ2v) is 8.20. The first kappa shape index (κ1) is 22.4. The van der Waals surface area contributed by atoms with E-state index >= 15 is 0 Å². The molecule has 0 saturated heterocycles. The molecule has 1 fully saturated rings. The minimum absolute atomic E-state index is 0.00420. The van der Waals surface area contributed by atoms with E-state index in [9.17, 15) is 22.4 Å². The molecule has 6 nitrogen and oxygen atoms in total. The Hall–Kier alpha value is -2.30. The first-order valence-corrected chi connectivity index (χ1v) is 10.5. The lowest BCUT2D eigenvalue weighted by molar-refractivity contribution is -0.161. The molecule has 30 heavy (non-hydrogen) atoms. The lowest BCUT2D eigenvalue weighted by atomic mass is 10.1. The van der Waals surface area contributed by atoms with Gasteiger partial charge in [-0.25, -0.2) is 13.8 Å². The second-order valence-electron chi connectivity index (χ2n) is 7.38. The molecule has 11 heteroatoms. The number of nitrogens with one attached hydrogen (secondary N) is 1. The third kappa shape index (κ3) is 5.44. The van der Waals surface area contributed by atoms with Gasteiger partial charge in [-0.15, -0.1) is 16.9 Å². The number of ether oxygens (including phenoxy) is 1. The molecule has 0 aliphatic heterocycles. The van der Waals surface area contributed by atoms with Gasteiger partial charge < -0.3 is 10.1 Å². The summed E-state index contributed by atoms with van der Waals surface area (Å²) in [5, 5.41) is 7.36. The molecule has 0 radical (unpaired) electrons. The molecule has 1 unspecified atom stereocenters. The van der Waals surface area contributed by atoms with Crippen molar-refractivity contribution in [2.75, 3.05) is 11.6 Å². The lowest BCUT2D eigenvalue weighted by Crippen LogP contribution is -2.22. The number of carbonyl (C=O) groups excluding carboxylic acids is 1. The molecule has 164 valence electrons. The van der Waals surface area contributed by atoms with Crippen LogP contribution in [-0.4, -0.2) is 39.0 Å². The van der Waals surface area contributed by atoms with E-state index in [0.717, 1.165) is 0 Å². The average molecular weight is 446 g/mol. The highest BCUT2D eigenvalue weighted by atomic mass is 32.2. The number of pyridine rings is 1. The van der Waals surface area contributed by atoms with Crippen molar-refractivity contribution in [1.82, 2.24) is 14.8 Å². The Morgan fingerprint density at radius 3 is 2.80 bits per heavy atom. The summed E-state index contributed by atoms with van der Waals surface area (Å²) in [5.74, 6) is -4.20. The van der Waals surface area contributed by atoms with Crippen LogP contribution >= 0.6 is 11.8 Å². The predicted molar refractivity (Wildman–Crippen MR) is 104 cm³/mol. The SMILES string of the molecule is CSc1cc(NC(=O)c2c(C)c(OC(C)(F)F)nn2CC2CCC(F)(F)C2)ccn1. The second kappa shape index (κ2) is 8.44. The summed E-state index contributed by atoms with van der Waals surface area (Å²) in [6.07, 6.45) is -0.471. The van der Waals surface area contributed by atoms with Crippen LogP contribution in [0.15, 0.2) is 23.4 Å². The van der Waals surface area contributed by atoms with E-state index in [1.807, 2.05) is 6.26 Å². The smallest absolute Gasteiger partial charge is 0.396 e. The number of halogens is 4. The summed E-state index contributed by atoms with van der Waals surface area (Å²) >= 11 is 1.39. The maximum absolute atomic E-state index is 13.6. The largest absolute Gasteiger partial charge is 0.413 e. The van der Waals surface area contributed by atoms with Gasteiger partial charge in [-0.05, 0) is 37.7 Å². The van der Waals surface area contributed by atoms with Crippen molar-refractivity contribution in [2.24, 2.45) is 5.92 Å². The molecule has 0 aromatic carbocycles. The van der Waals surface area contributed by atoms with Crippen LogP contribution in [0, 0.1) is 12.8 Å². The summed E-state index contributed by atoms with van der Waals surface area (Å²) in [5.41, 5.74) is 0.562. The van der Waals surface area contributed by atoms with Crippen LogP contribution in [0.2, 0.25) is 0 Å². The Balaban J connectivity index is 1.90. The molecule has 1 N–H and O–H groups in total. The Kier molecular flexibility index (Phi) is 6.30. The number of nitrogens with zero attached hydrogens (tertiary/aromatic N) is 3. The highest BCUT2D eigenvalue weighted by Crippen LogP contribution is 2.40. The van der Waals surface area contributed by atoms with Crippen molar-refractivity contribution < 1.29 is 27.1 Å². The maximum atomic E-state index is 13.6. The fourth-order valence-electron chi connectivity index (χ4n) is 3.45. The molecule has 1 atom stereocenters. The summed E-state index contributed by atoms with van der Waals surface area (Å²) in [4.78, 5) is 17.1. The normalized spacial score (nSPS) is 18.4. The van der Waals surface area contributed by atoms with Crippen molar-refractivity contribution >= 4 is 23.4 Å². The van der Waals surface area contributed by atoms with Crippen LogP contribution < -0.4 is 10.1 Å². The standard InChI is InChI=1S/C19H22F4N4O2S/c1-11-15(16(28)25-13-5-7-24-14(8-13)30-3)27(26-17(11)29-18(2,20)21)10-12-4-6-19(22,23)9-12/h5,7-8,12H,4,6,9-10H2,1-3H3,(H,24,25,28). The fourth-order valence-corrected chi connectivity index (χ4v) is 3.86. The Morgan fingerprint density at radius 2 is 2.20 bits per heavy atom. The van der Waals surface area contributed by atoms with Crippen molar-refractivity contribution in [3.8, 4) is 5.88 Å². The molecule has 3 rings (SSSR count). The van der Waals surface area contributed by atoms with Gasteiger partial charge >= 0.3 is 6.11 Å². The number of hydrogen-bond acceptors (Lipinski definition) is 5. The third-order valence-electron chi connectivity index (χ3n) is 4.78. The highest BCUT2D eigenvalue weighted by molar-refractivity contribution is 7.98. The Labute approximate surface area is 175 Å². The van der Waals surface area contributed by atoms with Crippen LogP contribution in [0.4, 0.5) is 23.2 Å². The quantitative estimate of drug-likeness (QED) is 0.480. The van der Waals surface area contributed by atoms with Crippen molar-refractivity contribution in [3.63, 3.8) is 0 Å². The number of carbonyl (C=O) groups is 1. The van der Waals surface area contributed by atoms with Gasteiger partial charge in [0, 0.05) is 43.8 Å². The topological polar surface area (TPSA) is 69.0 Å². The van der Waals surface area contributed by atoms with E-state index in [-0.39, 0.29) is 37.1 Å². The van der Waals surface area contributed by atoms with E-state index < -0.39 is 29.7 Å². The molecule has 1 aliphatic rings. The first-order valence-electron chi connectivity index (χ1n) is 9.31. The van der Waals surface area contributed by atoms with Crippen LogP contribution in [0.5, 0.6) is 5.88 Å². The van der Waals surface area contributed by atoms with Gasteiger partial charge in [0.25, 0.3) is 5.91 Å². The summed E-state index contributed by atoms with van der Waals surface area (Å²) < 4.78 is 59.7. The predicted octanol–water partition coefficient (Wildman–Crippen LogP) is 4.99. The maximum Gasteiger partial charge on any atom is 0.396 e. The number of anilines is 1. The molecule has 2 heterocycles. The third-order valence-corrected chi connectivity index (χ3v) is 5.42. The number of thioether (sulfide) groups is 1. The van der Waals surface area contributed by atoms with Gasteiger partial charge in [0.2, 0.25) is 11.8 Å². The van der Waals surface area contributed by atoms with E-state index in [1.54, 1.807) is 12.1 Å². The molecular formula is C19H22F4N4O2S. The van der Waals surface area contributed by atoms with Gasteiger partial charge in [0.05, 0.1) is 5.03 Å². The fraction of sp³-hybridized carbons (Fsp3) is 0.526. The monoisotopic (exact) mass is 446 g/mol. The molecule has 0 spiro atoms. The molecule has 0 bridgehead atoms. The zero-order valence-electron chi connectivity index (χ0n) is 16.7. The van der Waals surface area contributed by atoms with Gasteiger partial charge in [-0.1, -0.05) is 0 Å². The Bertz CT molecular complexity index is 930. The van der Waals surface area contributed by atoms with Crippen LogP contribution in [-0.2, 0) is 6.54 Å². The van der Waals surface area contributed by atoms with E-state index in [1.165, 1.54) is 29.6 Å². The van der Waals surface area contributed by atoms with E-state index in [4.69, 9.17) is 0 Å². The van der Waals surface area contributed by atoms with Crippen molar-refractivity contribution in [2.45, 2.75) is 56.7 Å². The zero-order chi connectivity index (χ0) is 22.1. The van der Waals surface area contributed by atoms with Gasteiger partial charge in [0.1, 0.15) is 5.69 Å². The summed E-state index contributed by atoms with van der Waals surface area (Å²) in [6.45, 7) is 2.00. The number of hydrogen-bond donors (Lipinski definition) is 1. The first-order chi connectivity index (χ1) is 14.0. The minimum atomic E-state index is -3.50. The number of rotatable bonds is 7. The summed E-state index contributed by atoms with van der Waals surface area (Å²) in [6, 6.07) is 3.25. The number of alkyl halides is 4. The molecule has 2 aromatic heterocycles. The highest BCUT2D eigenvalue weighted by Gasteiger charge is 2.40. The molecule has 1 saturated carbocycles. The van der Waals surface area contributed by atoms with Gasteiger partial charge in [0.15, 0.2) is 0 Å². The molecule has 1 amide bonds. The Morgan fingerprint density at radius 1 is 1.47 bits per heavy atom. The number of amides is 1. The molecule has 1 aliphatic carbocycles. The zero-order valence-corrected chi connectivity index (χ0v) is 17.5. The number of aromatic nitrogens is 3.